The zero-order chi connectivity index (χ0) is 16.9. The summed E-state index contributed by atoms with van der Waals surface area (Å²) in [5.74, 6) is 1.77. The third-order valence-electron chi connectivity index (χ3n) is 4.13. The third kappa shape index (κ3) is 3.89. The van der Waals surface area contributed by atoms with E-state index >= 15 is 0 Å². The van der Waals surface area contributed by atoms with Crippen LogP contribution in [0.4, 0.5) is 5.82 Å². The van der Waals surface area contributed by atoms with Gasteiger partial charge in [-0.05, 0) is 13.0 Å². The number of piperazine rings is 1. The van der Waals surface area contributed by atoms with Crippen LogP contribution in [0.2, 0.25) is 0 Å². The first kappa shape index (κ1) is 16.4. The molecule has 6 nitrogen and oxygen atoms in total. The molecule has 2 N–H and O–H groups in total. The number of amides is 1. The standard InChI is InChI=1S/C18H23N5O/c1-14(19)13-17(24)23-11-9-22(10-12-23)16-7-8-20-18(21-16)15-5-3-2-4-6-15/h2-8,14H,9-13,19H2,1H3. The van der Waals surface area contributed by atoms with Crippen LogP contribution in [-0.2, 0) is 4.79 Å². The predicted octanol–water partition coefficient (Wildman–Crippen LogP) is 1.53. The van der Waals surface area contributed by atoms with E-state index in [0.717, 1.165) is 30.3 Å². The van der Waals surface area contributed by atoms with Crippen molar-refractivity contribution < 1.29 is 4.79 Å². The zero-order valence-corrected chi connectivity index (χ0v) is 13.9. The third-order valence-corrected chi connectivity index (χ3v) is 4.13. The first-order valence-corrected chi connectivity index (χ1v) is 8.30. The number of carbonyl (C=O) groups excluding carboxylic acids is 1. The fraction of sp³-hybridized carbons (Fsp3) is 0.389. The molecule has 1 saturated heterocycles. The minimum Gasteiger partial charge on any atom is -0.353 e. The fourth-order valence-electron chi connectivity index (χ4n) is 2.84. The molecule has 1 aliphatic rings. The van der Waals surface area contributed by atoms with E-state index in [2.05, 4.69) is 14.9 Å². The maximum Gasteiger partial charge on any atom is 0.224 e. The van der Waals surface area contributed by atoms with Gasteiger partial charge in [0.05, 0.1) is 0 Å². The second kappa shape index (κ2) is 7.40. The van der Waals surface area contributed by atoms with Gasteiger partial charge in [-0.2, -0.15) is 0 Å². The van der Waals surface area contributed by atoms with E-state index in [-0.39, 0.29) is 11.9 Å². The van der Waals surface area contributed by atoms with Gasteiger partial charge in [-0.15, -0.1) is 0 Å². The molecular formula is C18H23N5O. The predicted molar refractivity (Wildman–Crippen MR) is 94.5 cm³/mol. The van der Waals surface area contributed by atoms with Crippen LogP contribution < -0.4 is 10.6 Å². The van der Waals surface area contributed by atoms with Gasteiger partial charge in [0.25, 0.3) is 0 Å². The summed E-state index contributed by atoms with van der Waals surface area (Å²) < 4.78 is 0. The Hall–Kier alpha value is -2.47. The Balaban J connectivity index is 1.66. The number of benzene rings is 1. The van der Waals surface area contributed by atoms with Crippen LogP contribution in [0.3, 0.4) is 0 Å². The zero-order valence-electron chi connectivity index (χ0n) is 13.9. The molecule has 1 amide bonds. The van der Waals surface area contributed by atoms with Gasteiger partial charge in [0.2, 0.25) is 5.91 Å². The summed E-state index contributed by atoms with van der Waals surface area (Å²) >= 11 is 0. The number of hydrogen-bond acceptors (Lipinski definition) is 5. The van der Waals surface area contributed by atoms with Crippen molar-refractivity contribution in [3.63, 3.8) is 0 Å². The minimum atomic E-state index is -0.0918. The van der Waals surface area contributed by atoms with E-state index in [1.54, 1.807) is 6.20 Å². The Morgan fingerprint density at radius 3 is 2.54 bits per heavy atom. The van der Waals surface area contributed by atoms with E-state index in [0.29, 0.717) is 19.5 Å². The highest BCUT2D eigenvalue weighted by Gasteiger charge is 2.22. The summed E-state index contributed by atoms with van der Waals surface area (Å²) in [6.45, 7) is 4.82. The normalized spacial score (nSPS) is 16.1. The molecule has 0 aliphatic carbocycles. The topological polar surface area (TPSA) is 75.4 Å². The summed E-state index contributed by atoms with van der Waals surface area (Å²) in [5.41, 5.74) is 6.72. The van der Waals surface area contributed by atoms with Crippen molar-refractivity contribution in [2.45, 2.75) is 19.4 Å². The maximum absolute atomic E-state index is 12.1. The lowest BCUT2D eigenvalue weighted by molar-refractivity contribution is -0.131. The molecule has 1 fully saturated rings. The molecule has 6 heteroatoms. The van der Waals surface area contributed by atoms with E-state index in [1.807, 2.05) is 48.2 Å². The first-order valence-electron chi connectivity index (χ1n) is 8.30. The lowest BCUT2D eigenvalue weighted by Crippen LogP contribution is -2.49. The van der Waals surface area contributed by atoms with Crippen LogP contribution in [0.15, 0.2) is 42.6 Å². The number of nitrogens with two attached hydrogens (primary N) is 1. The van der Waals surface area contributed by atoms with Crippen LogP contribution in [-0.4, -0.2) is 53.0 Å². The number of nitrogens with zero attached hydrogens (tertiary/aromatic N) is 4. The van der Waals surface area contributed by atoms with Crippen molar-refractivity contribution in [1.29, 1.82) is 0 Å². The van der Waals surface area contributed by atoms with Crippen molar-refractivity contribution in [3.05, 3.63) is 42.6 Å². The SMILES string of the molecule is CC(N)CC(=O)N1CCN(c2ccnc(-c3ccccc3)n2)CC1. The Morgan fingerprint density at radius 1 is 1.17 bits per heavy atom. The van der Waals surface area contributed by atoms with E-state index in [9.17, 15) is 4.79 Å². The molecule has 2 aromatic rings. The van der Waals surface area contributed by atoms with Gasteiger partial charge in [-0.25, -0.2) is 9.97 Å². The quantitative estimate of drug-likeness (QED) is 0.922. The Kier molecular flexibility index (Phi) is 5.05. The lowest BCUT2D eigenvalue weighted by Gasteiger charge is -2.35. The smallest absolute Gasteiger partial charge is 0.224 e. The molecule has 1 unspecified atom stereocenters. The monoisotopic (exact) mass is 325 g/mol. The lowest BCUT2D eigenvalue weighted by atomic mass is 10.2. The van der Waals surface area contributed by atoms with Crippen LogP contribution >= 0.6 is 0 Å². The van der Waals surface area contributed by atoms with Crippen molar-refractivity contribution in [3.8, 4) is 11.4 Å². The molecule has 1 aromatic heterocycles. The molecule has 0 bridgehead atoms. The number of carbonyl (C=O) groups is 1. The summed E-state index contributed by atoms with van der Waals surface area (Å²) in [4.78, 5) is 25.2. The van der Waals surface area contributed by atoms with Crippen LogP contribution in [0.25, 0.3) is 11.4 Å². The molecule has 1 aliphatic heterocycles. The average Bonchev–Trinajstić information content (AvgIpc) is 2.62. The minimum absolute atomic E-state index is 0.0918. The van der Waals surface area contributed by atoms with Gasteiger partial charge in [-0.1, -0.05) is 30.3 Å². The number of hydrogen-bond donors (Lipinski definition) is 1. The molecular weight excluding hydrogens is 302 g/mol. The highest BCUT2D eigenvalue weighted by molar-refractivity contribution is 5.77. The van der Waals surface area contributed by atoms with Crippen molar-refractivity contribution in [2.24, 2.45) is 5.73 Å². The van der Waals surface area contributed by atoms with Gasteiger partial charge in [0.1, 0.15) is 5.82 Å². The fourth-order valence-corrected chi connectivity index (χ4v) is 2.84. The first-order chi connectivity index (χ1) is 11.6. The van der Waals surface area contributed by atoms with E-state index in [4.69, 9.17) is 5.73 Å². The van der Waals surface area contributed by atoms with Crippen LogP contribution in [0.1, 0.15) is 13.3 Å². The van der Waals surface area contributed by atoms with E-state index in [1.165, 1.54) is 0 Å². The van der Waals surface area contributed by atoms with Crippen molar-refractivity contribution in [2.75, 3.05) is 31.1 Å². The summed E-state index contributed by atoms with van der Waals surface area (Å²) in [6.07, 6.45) is 2.20. The van der Waals surface area contributed by atoms with Gasteiger partial charge >= 0.3 is 0 Å². The second-order valence-corrected chi connectivity index (χ2v) is 6.15. The molecule has 3 rings (SSSR count). The highest BCUT2D eigenvalue weighted by atomic mass is 16.2. The Labute approximate surface area is 142 Å². The number of rotatable bonds is 4. The molecule has 1 atom stereocenters. The maximum atomic E-state index is 12.1. The van der Waals surface area contributed by atoms with Gasteiger partial charge < -0.3 is 15.5 Å². The number of aromatic nitrogens is 2. The Bertz CT molecular complexity index is 681. The summed E-state index contributed by atoms with van der Waals surface area (Å²) in [5, 5.41) is 0. The molecule has 24 heavy (non-hydrogen) atoms. The Morgan fingerprint density at radius 2 is 1.88 bits per heavy atom. The molecule has 0 saturated carbocycles. The van der Waals surface area contributed by atoms with Crippen molar-refractivity contribution >= 4 is 11.7 Å². The summed E-state index contributed by atoms with van der Waals surface area (Å²) in [7, 11) is 0. The average molecular weight is 325 g/mol. The largest absolute Gasteiger partial charge is 0.353 e. The van der Waals surface area contributed by atoms with Gasteiger partial charge in [0, 0.05) is 50.4 Å². The van der Waals surface area contributed by atoms with E-state index < -0.39 is 0 Å². The van der Waals surface area contributed by atoms with Gasteiger partial charge in [-0.3, -0.25) is 4.79 Å². The van der Waals surface area contributed by atoms with Crippen LogP contribution in [0, 0.1) is 0 Å². The van der Waals surface area contributed by atoms with Gasteiger partial charge in [0.15, 0.2) is 5.82 Å². The van der Waals surface area contributed by atoms with Crippen LogP contribution in [0.5, 0.6) is 0 Å². The molecule has 0 radical (unpaired) electrons. The number of anilines is 1. The van der Waals surface area contributed by atoms with Crippen molar-refractivity contribution in [1.82, 2.24) is 14.9 Å². The summed E-state index contributed by atoms with van der Waals surface area (Å²) in [6, 6.07) is 11.8. The molecule has 0 spiro atoms. The molecule has 1 aromatic carbocycles. The molecule has 126 valence electrons. The highest BCUT2D eigenvalue weighted by Crippen LogP contribution is 2.19. The second-order valence-electron chi connectivity index (χ2n) is 6.15. The molecule has 2 heterocycles.